The molecule has 0 aromatic carbocycles. The van der Waals surface area contributed by atoms with Crippen LogP contribution in [0.5, 0.6) is 0 Å². The zero-order valence-corrected chi connectivity index (χ0v) is 10.6. The summed E-state index contributed by atoms with van der Waals surface area (Å²) >= 11 is 1.28. The lowest BCUT2D eigenvalue weighted by Gasteiger charge is -2.26. The highest BCUT2D eigenvalue weighted by Crippen LogP contribution is 2.17. The van der Waals surface area contributed by atoms with Crippen molar-refractivity contribution >= 4 is 17.7 Å². The number of H-pyrrole nitrogens is 1. The number of hydrogen-bond acceptors (Lipinski definition) is 5. The lowest BCUT2D eigenvalue weighted by molar-refractivity contribution is -0.122. The van der Waals surface area contributed by atoms with Crippen LogP contribution >= 0.6 is 11.8 Å². The molecule has 1 amide bonds. The number of hydrogen-bond donors (Lipinski definition) is 3. The smallest absolute Gasteiger partial charge is 0.251 e. The Hall–Kier alpha value is -1.34. The summed E-state index contributed by atoms with van der Waals surface area (Å²) in [5, 5.41) is 3.50. The van der Waals surface area contributed by atoms with Gasteiger partial charge in [0.1, 0.15) is 5.54 Å². The van der Waals surface area contributed by atoms with E-state index in [1.807, 2.05) is 6.92 Å². The Morgan fingerprint density at radius 3 is 2.94 bits per heavy atom. The summed E-state index contributed by atoms with van der Waals surface area (Å²) in [5.74, 6) is -0.0199. The fourth-order valence-corrected chi connectivity index (χ4v) is 2.22. The standard InChI is InChI=1S/C10H16N4O2S/c1-3-13-10(2,8(11)16)6-17-9-12-5-4-7(15)14-9/h4-5,13H,3,6H2,1-2H3,(H2,11,16)(H,12,14,15). The normalized spacial score (nSPS) is 14.2. The third-order valence-electron chi connectivity index (χ3n) is 2.26. The molecule has 94 valence electrons. The van der Waals surface area contributed by atoms with Gasteiger partial charge in [0.05, 0.1) is 0 Å². The minimum absolute atomic E-state index is 0.216. The first-order valence-electron chi connectivity index (χ1n) is 5.21. The number of thioether (sulfide) groups is 1. The lowest BCUT2D eigenvalue weighted by Crippen LogP contribution is -2.55. The molecule has 0 aliphatic rings. The molecule has 1 aromatic heterocycles. The van der Waals surface area contributed by atoms with Crippen molar-refractivity contribution < 1.29 is 4.79 Å². The van der Waals surface area contributed by atoms with Crippen LogP contribution in [0.4, 0.5) is 0 Å². The quantitative estimate of drug-likeness (QED) is 0.480. The predicted molar refractivity (Wildman–Crippen MR) is 66.9 cm³/mol. The first-order chi connectivity index (χ1) is 7.98. The van der Waals surface area contributed by atoms with Crippen molar-refractivity contribution in [3.05, 3.63) is 22.6 Å². The molecule has 1 heterocycles. The van der Waals surface area contributed by atoms with Gasteiger partial charge in [-0.15, -0.1) is 0 Å². The third kappa shape index (κ3) is 3.86. The number of amides is 1. The molecule has 0 aliphatic carbocycles. The van der Waals surface area contributed by atoms with Crippen LogP contribution in [0.3, 0.4) is 0 Å². The van der Waals surface area contributed by atoms with Crippen LogP contribution in [0.25, 0.3) is 0 Å². The zero-order chi connectivity index (χ0) is 12.9. The molecule has 6 nitrogen and oxygen atoms in total. The van der Waals surface area contributed by atoms with E-state index in [9.17, 15) is 9.59 Å². The fraction of sp³-hybridized carbons (Fsp3) is 0.500. The highest BCUT2D eigenvalue weighted by atomic mass is 32.2. The highest BCUT2D eigenvalue weighted by Gasteiger charge is 2.30. The molecule has 0 aliphatic heterocycles. The summed E-state index contributed by atoms with van der Waals surface area (Å²) in [6.07, 6.45) is 1.43. The molecule has 0 radical (unpaired) electrons. The molecule has 0 fully saturated rings. The number of likely N-dealkylation sites (N-methyl/N-ethyl adjacent to an activating group) is 1. The number of nitrogens with two attached hydrogens (primary N) is 1. The van der Waals surface area contributed by atoms with Gasteiger partial charge < -0.3 is 16.0 Å². The summed E-state index contributed by atoms with van der Waals surface area (Å²) in [4.78, 5) is 29.0. The molecule has 1 rings (SSSR count). The average molecular weight is 256 g/mol. The molecule has 17 heavy (non-hydrogen) atoms. The number of aromatic amines is 1. The van der Waals surface area contributed by atoms with Crippen molar-refractivity contribution in [2.75, 3.05) is 12.3 Å². The maximum absolute atomic E-state index is 11.4. The maximum Gasteiger partial charge on any atom is 0.251 e. The molecule has 1 aromatic rings. The molecule has 0 spiro atoms. The Balaban J connectivity index is 2.70. The highest BCUT2D eigenvalue weighted by molar-refractivity contribution is 7.99. The number of carbonyl (C=O) groups is 1. The average Bonchev–Trinajstić information content (AvgIpc) is 2.27. The molecule has 1 unspecified atom stereocenters. The van der Waals surface area contributed by atoms with Gasteiger partial charge in [-0.25, -0.2) is 4.98 Å². The van der Waals surface area contributed by atoms with Gasteiger partial charge in [-0.05, 0) is 13.5 Å². The van der Waals surface area contributed by atoms with Gasteiger partial charge in [0.2, 0.25) is 5.91 Å². The Morgan fingerprint density at radius 1 is 1.71 bits per heavy atom. The van der Waals surface area contributed by atoms with E-state index >= 15 is 0 Å². The Kier molecular flexibility index (Phi) is 4.71. The molecule has 0 bridgehead atoms. The maximum atomic E-state index is 11.4. The van der Waals surface area contributed by atoms with Crippen LogP contribution < -0.4 is 16.6 Å². The first-order valence-corrected chi connectivity index (χ1v) is 6.19. The van der Waals surface area contributed by atoms with Crippen molar-refractivity contribution in [3.8, 4) is 0 Å². The lowest BCUT2D eigenvalue weighted by atomic mass is 10.1. The third-order valence-corrected chi connectivity index (χ3v) is 3.46. The van der Waals surface area contributed by atoms with Gasteiger partial charge in [-0.3, -0.25) is 9.59 Å². The van der Waals surface area contributed by atoms with E-state index in [2.05, 4.69) is 15.3 Å². The topological polar surface area (TPSA) is 101 Å². The number of nitrogens with zero attached hydrogens (tertiary/aromatic N) is 1. The number of primary amides is 1. The van der Waals surface area contributed by atoms with Gasteiger partial charge in [0, 0.05) is 18.0 Å². The summed E-state index contributed by atoms with van der Waals surface area (Å²) in [7, 11) is 0. The summed E-state index contributed by atoms with van der Waals surface area (Å²) in [6, 6.07) is 1.33. The van der Waals surface area contributed by atoms with E-state index in [0.717, 1.165) is 0 Å². The van der Waals surface area contributed by atoms with Gasteiger partial charge in [-0.2, -0.15) is 0 Å². The summed E-state index contributed by atoms with van der Waals surface area (Å²) in [5.41, 5.74) is 4.32. The van der Waals surface area contributed by atoms with Crippen molar-refractivity contribution in [2.45, 2.75) is 24.5 Å². The molecule has 0 saturated carbocycles. The largest absolute Gasteiger partial charge is 0.368 e. The molecule has 1 atom stereocenters. The second-order valence-electron chi connectivity index (χ2n) is 3.75. The minimum atomic E-state index is -0.812. The van der Waals surface area contributed by atoms with E-state index in [1.165, 1.54) is 24.0 Å². The monoisotopic (exact) mass is 256 g/mol. The van der Waals surface area contributed by atoms with Crippen LogP contribution in [-0.4, -0.2) is 33.7 Å². The van der Waals surface area contributed by atoms with Gasteiger partial charge >= 0.3 is 0 Å². The minimum Gasteiger partial charge on any atom is -0.368 e. The molecular formula is C10H16N4O2S. The zero-order valence-electron chi connectivity index (χ0n) is 9.82. The first kappa shape index (κ1) is 13.7. The van der Waals surface area contributed by atoms with Crippen molar-refractivity contribution in [1.29, 1.82) is 0 Å². The SMILES string of the molecule is CCNC(C)(CSc1nccc(=O)[nH]1)C(N)=O. The molecular weight excluding hydrogens is 240 g/mol. The van der Waals surface area contributed by atoms with Crippen LogP contribution in [0, 0.1) is 0 Å². The molecule has 7 heteroatoms. The van der Waals surface area contributed by atoms with Gasteiger partial charge in [0.25, 0.3) is 5.56 Å². The second-order valence-corrected chi connectivity index (χ2v) is 4.72. The number of rotatable bonds is 6. The molecule has 4 N–H and O–H groups in total. The van der Waals surface area contributed by atoms with Crippen LogP contribution in [0.2, 0.25) is 0 Å². The van der Waals surface area contributed by atoms with E-state index in [-0.39, 0.29) is 5.56 Å². The Labute approximate surface area is 103 Å². The fourth-order valence-electron chi connectivity index (χ4n) is 1.24. The predicted octanol–water partition coefficient (Wildman–Crippen LogP) is -0.284. The summed E-state index contributed by atoms with van der Waals surface area (Å²) in [6.45, 7) is 4.26. The van der Waals surface area contributed by atoms with Gasteiger partial charge in [0.15, 0.2) is 5.16 Å². The second kappa shape index (κ2) is 5.83. The Morgan fingerprint density at radius 2 is 2.41 bits per heavy atom. The van der Waals surface area contributed by atoms with E-state index in [4.69, 9.17) is 5.73 Å². The van der Waals surface area contributed by atoms with E-state index in [1.54, 1.807) is 6.92 Å². The molecule has 0 saturated heterocycles. The van der Waals surface area contributed by atoms with E-state index < -0.39 is 11.4 Å². The van der Waals surface area contributed by atoms with Gasteiger partial charge in [-0.1, -0.05) is 18.7 Å². The number of nitrogens with one attached hydrogen (secondary N) is 2. The van der Waals surface area contributed by atoms with Crippen LogP contribution in [-0.2, 0) is 4.79 Å². The number of aromatic nitrogens is 2. The summed E-state index contributed by atoms with van der Waals surface area (Å²) < 4.78 is 0. The van der Waals surface area contributed by atoms with Crippen LogP contribution in [0.15, 0.2) is 22.2 Å². The number of carbonyl (C=O) groups excluding carboxylic acids is 1. The van der Waals surface area contributed by atoms with Crippen LogP contribution in [0.1, 0.15) is 13.8 Å². The van der Waals surface area contributed by atoms with E-state index in [0.29, 0.717) is 17.5 Å². The van der Waals surface area contributed by atoms with Crippen molar-refractivity contribution in [1.82, 2.24) is 15.3 Å². The van der Waals surface area contributed by atoms with Crippen molar-refractivity contribution in [3.63, 3.8) is 0 Å². The Bertz CT molecular complexity index is 448. The van der Waals surface area contributed by atoms with Crippen molar-refractivity contribution in [2.24, 2.45) is 5.73 Å².